The van der Waals surface area contributed by atoms with Crippen LogP contribution in [0.4, 0.5) is 4.79 Å². The number of amides is 1. The number of aliphatic hydroxyl groups is 2. The summed E-state index contributed by atoms with van der Waals surface area (Å²) < 4.78 is 25.9. The zero-order valence-electron chi connectivity index (χ0n) is 32.3. The maximum atomic E-state index is 13.4. The maximum absolute atomic E-state index is 13.4. The van der Waals surface area contributed by atoms with Gasteiger partial charge in [0.2, 0.25) is 5.79 Å². The van der Waals surface area contributed by atoms with Gasteiger partial charge in [0, 0.05) is 38.2 Å². The summed E-state index contributed by atoms with van der Waals surface area (Å²) in [6, 6.07) is 19.6. The Morgan fingerprint density at radius 2 is 1.70 bits per heavy atom. The fourth-order valence-corrected chi connectivity index (χ4v) is 8.62. The number of benzene rings is 3. The van der Waals surface area contributed by atoms with E-state index in [1.54, 1.807) is 18.0 Å². The summed E-state index contributed by atoms with van der Waals surface area (Å²) in [6.07, 6.45) is 8.57. The second-order valence-corrected chi connectivity index (χ2v) is 15.7. The number of methoxy groups -OCH3 is 1. The molecule has 0 aromatic heterocycles. The van der Waals surface area contributed by atoms with Crippen molar-refractivity contribution in [3.05, 3.63) is 90.5 Å². The number of nitrogens with zero attached hydrogens (tertiary/aromatic N) is 2. The highest BCUT2D eigenvalue weighted by atomic mass is 16.7. The molecule has 290 valence electrons. The number of carbonyl (C=O) groups excluding carboxylic acids is 1. The Balaban J connectivity index is 1.56. The highest BCUT2D eigenvalue weighted by molar-refractivity contribution is 6.03. The molecule has 2 N–H and O–H groups in total. The van der Waals surface area contributed by atoms with Gasteiger partial charge >= 0.3 is 6.09 Å². The zero-order valence-corrected chi connectivity index (χ0v) is 32.3. The van der Waals surface area contributed by atoms with Gasteiger partial charge < -0.3 is 38.9 Å². The van der Waals surface area contributed by atoms with Gasteiger partial charge in [-0.25, -0.2) is 4.79 Å². The molecule has 1 aliphatic heterocycles. The Morgan fingerprint density at radius 1 is 1.00 bits per heavy atom. The molecule has 0 spiro atoms. The van der Waals surface area contributed by atoms with Crippen LogP contribution in [0.1, 0.15) is 77.2 Å². The first-order chi connectivity index (χ1) is 26.0. The zero-order chi connectivity index (χ0) is 38.5. The van der Waals surface area contributed by atoms with Crippen molar-refractivity contribution in [1.29, 1.82) is 0 Å². The predicted molar refractivity (Wildman–Crippen MR) is 210 cm³/mol. The van der Waals surface area contributed by atoms with Crippen molar-refractivity contribution < 1.29 is 38.8 Å². The van der Waals surface area contributed by atoms with Crippen LogP contribution in [0.3, 0.4) is 0 Å². The number of carbonyl (C=O) groups is 1. The van der Waals surface area contributed by atoms with Crippen LogP contribution in [-0.2, 0) is 14.3 Å². The van der Waals surface area contributed by atoms with E-state index in [4.69, 9.17) is 28.9 Å². The Morgan fingerprint density at radius 3 is 2.41 bits per heavy atom. The van der Waals surface area contributed by atoms with Crippen molar-refractivity contribution in [2.24, 2.45) is 22.9 Å². The molecule has 6 rings (SSSR count). The van der Waals surface area contributed by atoms with Gasteiger partial charge in [-0.2, -0.15) is 0 Å². The summed E-state index contributed by atoms with van der Waals surface area (Å²) in [5.74, 6) is 0.364. The van der Waals surface area contributed by atoms with Crippen LogP contribution in [0.5, 0.6) is 17.2 Å². The van der Waals surface area contributed by atoms with Gasteiger partial charge in [0.1, 0.15) is 28.9 Å². The minimum atomic E-state index is -1.34. The minimum Gasteiger partial charge on any atom is -0.459 e. The lowest BCUT2D eigenvalue weighted by Gasteiger charge is -2.59. The summed E-state index contributed by atoms with van der Waals surface area (Å²) in [5.41, 5.74) is 2.13. The van der Waals surface area contributed by atoms with Crippen LogP contribution in [-0.4, -0.2) is 78.3 Å². The Hall–Kier alpha value is -4.38. The number of hydrogen-bond donors (Lipinski definition) is 2. The van der Waals surface area contributed by atoms with Gasteiger partial charge in [0.25, 0.3) is 0 Å². The molecular formula is C44H56N2O8. The van der Waals surface area contributed by atoms with Gasteiger partial charge in [-0.1, -0.05) is 60.5 Å². The van der Waals surface area contributed by atoms with Crippen LogP contribution in [0.2, 0.25) is 0 Å². The van der Waals surface area contributed by atoms with E-state index in [1.807, 2.05) is 57.2 Å². The first-order valence-electron chi connectivity index (χ1n) is 19.3. The van der Waals surface area contributed by atoms with Crippen molar-refractivity contribution >= 4 is 22.6 Å². The van der Waals surface area contributed by atoms with Crippen molar-refractivity contribution in [2.45, 2.75) is 89.1 Å². The third-order valence-corrected chi connectivity index (χ3v) is 11.0. The number of hydrogen-bond acceptors (Lipinski definition) is 9. The average molecular weight is 741 g/mol. The molecule has 3 aromatic rings. The van der Waals surface area contributed by atoms with Crippen LogP contribution in [0.25, 0.3) is 10.8 Å². The fourth-order valence-electron chi connectivity index (χ4n) is 8.62. The molecule has 1 fully saturated rings. The minimum absolute atomic E-state index is 0.0984. The van der Waals surface area contributed by atoms with Crippen molar-refractivity contribution in [2.75, 3.05) is 34.0 Å². The van der Waals surface area contributed by atoms with Crippen LogP contribution in [0.15, 0.2) is 90.1 Å². The van der Waals surface area contributed by atoms with Crippen molar-refractivity contribution in [3.8, 4) is 17.2 Å². The van der Waals surface area contributed by atoms with E-state index in [0.29, 0.717) is 30.8 Å². The fraction of sp³-hybridized carbons (Fsp3) is 0.500. The number of likely N-dealkylation sites (N-methyl/N-ethyl adjacent to an activating group) is 1. The molecule has 10 heteroatoms. The normalized spacial score (nSPS) is 25.2. The lowest BCUT2D eigenvalue weighted by molar-refractivity contribution is -0.253. The smallest absolute Gasteiger partial charge is 0.409 e. The largest absolute Gasteiger partial charge is 0.459 e. The molecule has 0 radical (unpaired) electrons. The molecular weight excluding hydrogens is 684 g/mol. The van der Waals surface area contributed by atoms with Gasteiger partial charge in [0.05, 0.1) is 25.3 Å². The molecule has 0 bridgehead atoms. The average Bonchev–Trinajstić information content (AvgIpc) is 3.16. The SMILES string of the molecule is C=CCOC12Oc3ccc(Oc4ccc5ccccc5c4)cc3C3C(CCCCO)C(CCCCO)C=C(C(=NOC(C)(C)C)CC1N(C)C(=O)OC)C32. The number of aliphatic hydroxyl groups excluding tert-OH is 2. The number of unbranched alkanes of at least 4 members (excludes halogenated alkanes) is 2. The summed E-state index contributed by atoms with van der Waals surface area (Å²) >= 11 is 0. The molecule has 0 saturated heterocycles. The first-order valence-corrected chi connectivity index (χ1v) is 19.3. The van der Waals surface area contributed by atoms with E-state index in [0.717, 1.165) is 59.1 Å². The van der Waals surface area contributed by atoms with E-state index in [2.05, 4.69) is 36.9 Å². The van der Waals surface area contributed by atoms with E-state index >= 15 is 0 Å². The van der Waals surface area contributed by atoms with Crippen LogP contribution < -0.4 is 9.47 Å². The highest BCUT2D eigenvalue weighted by Gasteiger charge is 2.65. The third-order valence-electron chi connectivity index (χ3n) is 11.0. The molecule has 2 aliphatic carbocycles. The van der Waals surface area contributed by atoms with Gasteiger partial charge in [-0.3, -0.25) is 0 Å². The van der Waals surface area contributed by atoms with Gasteiger partial charge in [0.15, 0.2) is 0 Å². The van der Waals surface area contributed by atoms with Crippen molar-refractivity contribution in [3.63, 3.8) is 0 Å². The molecule has 10 nitrogen and oxygen atoms in total. The molecule has 3 aliphatic rings. The summed E-state index contributed by atoms with van der Waals surface area (Å²) in [5, 5.41) is 26.7. The monoisotopic (exact) mass is 740 g/mol. The van der Waals surface area contributed by atoms with E-state index in [1.165, 1.54) is 7.11 Å². The van der Waals surface area contributed by atoms with Crippen LogP contribution in [0, 0.1) is 17.8 Å². The molecule has 6 atom stereocenters. The van der Waals surface area contributed by atoms with Crippen LogP contribution >= 0.6 is 0 Å². The standard InChI is InChI=1S/C44H56N2O8/c1-7-24-51-44-39(46(5)42(49)50-6)28-37(45-54-43(2,3)4)35-26-31(16-10-12-22-47)34(17-11-13-23-48)40(41(35)44)36-27-33(20-21-38(36)53-44)52-32-19-18-29-14-8-9-15-30(29)25-32/h7-9,14-15,18-21,25-27,31,34,39-41,47-48H,1,10-13,16-17,22-24,28H2,2-6H3. The number of ether oxygens (including phenoxy) is 4. The first kappa shape index (κ1) is 39.3. The number of rotatable bonds is 15. The summed E-state index contributed by atoms with van der Waals surface area (Å²) in [4.78, 5) is 21.1. The topological polar surface area (TPSA) is 119 Å². The maximum Gasteiger partial charge on any atom is 0.409 e. The van der Waals surface area contributed by atoms with Crippen molar-refractivity contribution in [1.82, 2.24) is 4.90 Å². The number of oxime groups is 1. The highest BCUT2D eigenvalue weighted by Crippen LogP contribution is 2.62. The third kappa shape index (κ3) is 8.16. The Labute approximate surface area is 319 Å². The van der Waals surface area contributed by atoms with E-state index < -0.39 is 29.4 Å². The van der Waals surface area contributed by atoms with E-state index in [9.17, 15) is 15.0 Å². The lowest BCUT2D eigenvalue weighted by atomic mass is 9.55. The number of allylic oxidation sites excluding steroid dienone is 1. The lowest BCUT2D eigenvalue weighted by Crippen LogP contribution is -2.69. The molecule has 1 amide bonds. The molecule has 3 aromatic carbocycles. The summed E-state index contributed by atoms with van der Waals surface area (Å²) in [7, 11) is 3.08. The molecule has 54 heavy (non-hydrogen) atoms. The summed E-state index contributed by atoms with van der Waals surface area (Å²) in [6.45, 7) is 10.3. The molecule has 6 unspecified atom stereocenters. The number of fused-ring (bicyclic) bond motifs is 3. The second kappa shape index (κ2) is 17.0. The molecule has 1 heterocycles. The Kier molecular flexibility index (Phi) is 12.4. The Bertz CT molecular complexity index is 1850. The predicted octanol–water partition coefficient (Wildman–Crippen LogP) is 8.76. The quantitative estimate of drug-likeness (QED) is 0.0902. The second-order valence-electron chi connectivity index (χ2n) is 15.7. The van der Waals surface area contributed by atoms with Gasteiger partial charge in [-0.15, -0.1) is 6.58 Å². The van der Waals surface area contributed by atoms with Gasteiger partial charge in [-0.05, 0) is 105 Å². The van der Waals surface area contributed by atoms with E-state index in [-0.39, 0.29) is 37.6 Å². The molecule has 1 saturated carbocycles.